The summed E-state index contributed by atoms with van der Waals surface area (Å²) < 4.78 is 7.08. The van der Waals surface area contributed by atoms with Crippen molar-refractivity contribution in [2.24, 2.45) is 0 Å². The summed E-state index contributed by atoms with van der Waals surface area (Å²) in [7, 11) is 0. The third kappa shape index (κ3) is 2.43. The molecule has 3 heterocycles. The average molecular weight is 279 g/mol. The predicted molar refractivity (Wildman–Crippen MR) is 74.8 cm³/mol. The van der Waals surface area contributed by atoms with E-state index in [4.69, 9.17) is 4.74 Å². The van der Waals surface area contributed by atoms with Gasteiger partial charge in [-0.2, -0.15) is 0 Å². The van der Waals surface area contributed by atoms with Gasteiger partial charge >= 0.3 is 0 Å². The number of morpholine rings is 1. The van der Waals surface area contributed by atoms with Crippen LogP contribution in [0.2, 0.25) is 0 Å². The molecule has 3 rings (SSSR count). The maximum Gasteiger partial charge on any atom is 0.259 e. The van der Waals surface area contributed by atoms with Crippen molar-refractivity contribution in [3.05, 3.63) is 33.2 Å². The number of aromatic nitrogens is 2. The molecule has 1 atom stereocenters. The summed E-state index contributed by atoms with van der Waals surface area (Å²) in [6.45, 7) is 7.18. The highest BCUT2D eigenvalue weighted by Crippen LogP contribution is 2.14. The maximum atomic E-state index is 12.1. The molecule has 0 N–H and O–H groups in total. The number of rotatable bonds is 2. The van der Waals surface area contributed by atoms with E-state index in [-0.39, 0.29) is 5.56 Å². The van der Waals surface area contributed by atoms with Crippen molar-refractivity contribution in [1.82, 2.24) is 14.3 Å². The number of fused-ring (bicyclic) bond motifs is 1. The molecular weight excluding hydrogens is 262 g/mol. The van der Waals surface area contributed by atoms with Crippen molar-refractivity contribution in [2.75, 3.05) is 19.8 Å². The molecule has 1 aliphatic heterocycles. The first kappa shape index (κ1) is 12.8. The third-order valence-corrected chi connectivity index (χ3v) is 4.44. The molecule has 1 saturated heterocycles. The van der Waals surface area contributed by atoms with Gasteiger partial charge in [-0.05, 0) is 13.8 Å². The second kappa shape index (κ2) is 5.03. The zero-order valence-corrected chi connectivity index (χ0v) is 11.9. The van der Waals surface area contributed by atoms with Crippen molar-refractivity contribution in [1.29, 1.82) is 0 Å². The van der Waals surface area contributed by atoms with Gasteiger partial charge in [0.15, 0.2) is 4.96 Å². The van der Waals surface area contributed by atoms with Crippen molar-refractivity contribution in [3.8, 4) is 0 Å². The maximum absolute atomic E-state index is 12.1. The lowest BCUT2D eigenvalue weighted by atomic mass is 10.2. The first-order valence-corrected chi connectivity index (χ1v) is 7.31. The van der Waals surface area contributed by atoms with Gasteiger partial charge in [0.25, 0.3) is 5.56 Å². The third-order valence-electron chi connectivity index (χ3n) is 3.50. The van der Waals surface area contributed by atoms with Gasteiger partial charge in [-0.25, -0.2) is 4.98 Å². The van der Waals surface area contributed by atoms with Gasteiger partial charge in [-0.3, -0.25) is 14.1 Å². The number of hydrogen-bond donors (Lipinski definition) is 0. The number of nitrogens with zero attached hydrogens (tertiary/aromatic N) is 3. The van der Waals surface area contributed by atoms with E-state index in [1.165, 1.54) is 11.3 Å². The lowest BCUT2D eigenvalue weighted by Gasteiger charge is -2.32. The Kier molecular flexibility index (Phi) is 3.38. The molecule has 19 heavy (non-hydrogen) atoms. The molecule has 0 aromatic carbocycles. The standard InChI is InChI=1S/C13H17N3O2S/c1-9-7-18-4-3-15(9)6-11-5-12(17)16-10(2)8-19-13(16)14-11/h5,8-9H,3-4,6-7H2,1-2H3/t9-/m1/s1. The lowest BCUT2D eigenvalue weighted by molar-refractivity contribution is -0.00489. The van der Waals surface area contributed by atoms with Crippen molar-refractivity contribution >= 4 is 16.3 Å². The predicted octanol–water partition coefficient (Wildman–Crippen LogP) is 1.29. The van der Waals surface area contributed by atoms with E-state index in [9.17, 15) is 4.79 Å². The Hall–Kier alpha value is -1.24. The molecule has 2 aromatic heterocycles. The van der Waals surface area contributed by atoms with Gasteiger partial charge in [0.05, 0.1) is 18.9 Å². The molecule has 6 heteroatoms. The highest BCUT2D eigenvalue weighted by Gasteiger charge is 2.19. The van der Waals surface area contributed by atoms with Crippen LogP contribution < -0.4 is 5.56 Å². The van der Waals surface area contributed by atoms with Crippen LogP contribution in [0.25, 0.3) is 4.96 Å². The molecule has 102 valence electrons. The number of thiazole rings is 1. The van der Waals surface area contributed by atoms with E-state index in [2.05, 4.69) is 16.8 Å². The van der Waals surface area contributed by atoms with Crippen molar-refractivity contribution in [2.45, 2.75) is 26.4 Å². The molecule has 0 bridgehead atoms. The Morgan fingerprint density at radius 1 is 1.58 bits per heavy atom. The molecule has 1 fully saturated rings. The molecule has 2 aromatic rings. The van der Waals surface area contributed by atoms with E-state index in [1.54, 1.807) is 10.5 Å². The van der Waals surface area contributed by atoms with Crippen LogP contribution >= 0.6 is 11.3 Å². The Morgan fingerprint density at radius 3 is 3.21 bits per heavy atom. The Bertz CT molecular complexity index is 649. The fourth-order valence-corrected chi connectivity index (χ4v) is 3.28. The van der Waals surface area contributed by atoms with Crippen molar-refractivity contribution < 1.29 is 4.74 Å². The quantitative estimate of drug-likeness (QED) is 0.831. The minimum atomic E-state index is 0.0136. The summed E-state index contributed by atoms with van der Waals surface area (Å²) in [6, 6.07) is 2.02. The summed E-state index contributed by atoms with van der Waals surface area (Å²) in [5.74, 6) is 0. The first-order chi connectivity index (χ1) is 9.15. The van der Waals surface area contributed by atoms with Crippen LogP contribution in [0.1, 0.15) is 18.3 Å². The largest absolute Gasteiger partial charge is 0.379 e. The van der Waals surface area contributed by atoms with E-state index in [1.807, 2.05) is 12.3 Å². The van der Waals surface area contributed by atoms with Crippen LogP contribution in [-0.4, -0.2) is 40.1 Å². The van der Waals surface area contributed by atoms with Crippen LogP contribution in [-0.2, 0) is 11.3 Å². The Morgan fingerprint density at radius 2 is 2.42 bits per heavy atom. The van der Waals surface area contributed by atoms with Crippen LogP contribution in [0.15, 0.2) is 16.2 Å². The Labute approximate surface area is 115 Å². The van der Waals surface area contributed by atoms with E-state index < -0.39 is 0 Å². The van der Waals surface area contributed by atoms with E-state index in [0.29, 0.717) is 12.6 Å². The number of ether oxygens (including phenoxy) is 1. The van der Waals surface area contributed by atoms with Crippen LogP contribution in [0.3, 0.4) is 0 Å². The highest BCUT2D eigenvalue weighted by molar-refractivity contribution is 7.15. The smallest absolute Gasteiger partial charge is 0.259 e. The molecule has 0 amide bonds. The van der Waals surface area contributed by atoms with Gasteiger partial charge in [0.1, 0.15) is 0 Å². The average Bonchev–Trinajstić information content (AvgIpc) is 2.74. The Balaban J connectivity index is 1.91. The van der Waals surface area contributed by atoms with Crippen LogP contribution in [0.4, 0.5) is 0 Å². The van der Waals surface area contributed by atoms with Gasteiger partial charge in [0, 0.05) is 36.3 Å². The molecule has 5 nitrogen and oxygen atoms in total. The van der Waals surface area contributed by atoms with Gasteiger partial charge in [0.2, 0.25) is 0 Å². The fraction of sp³-hybridized carbons (Fsp3) is 0.538. The fourth-order valence-electron chi connectivity index (χ4n) is 2.39. The minimum Gasteiger partial charge on any atom is -0.379 e. The lowest BCUT2D eigenvalue weighted by Crippen LogP contribution is -2.43. The summed E-state index contributed by atoms with van der Waals surface area (Å²) in [5, 5.41) is 1.96. The van der Waals surface area contributed by atoms with Crippen molar-refractivity contribution in [3.63, 3.8) is 0 Å². The topological polar surface area (TPSA) is 46.8 Å². The number of aryl methyl sites for hydroxylation is 1. The normalized spacial score (nSPS) is 21.1. The molecule has 0 spiro atoms. The second-order valence-corrected chi connectivity index (χ2v) is 5.81. The van der Waals surface area contributed by atoms with Gasteiger partial charge in [-0.1, -0.05) is 0 Å². The monoisotopic (exact) mass is 279 g/mol. The summed E-state index contributed by atoms with van der Waals surface area (Å²) in [6.07, 6.45) is 0. The molecule has 0 saturated carbocycles. The number of hydrogen-bond acceptors (Lipinski definition) is 5. The summed E-state index contributed by atoms with van der Waals surface area (Å²) >= 11 is 1.51. The molecule has 0 radical (unpaired) electrons. The second-order valence-electron chi connectivity index (χ2n) is 4.98. The van der Waals surface area contributed by atoms with Crippen LogP contribution in [0, 0.1) is 6.92 Å². The van der Waals surface area contributed by atoms with Gasteiger partial charge < -0.3 is 4.74 Å². The highest BCUT2D eigenvalue weighted by atomic mass is 32.1. The molecular formula is C13H17N3O2S. The minimum absolute atomic E-state index is 0.0136. The van der Waals surface area contributed by atoms with Crippen LogP contribution in [0.5, 0.6) is 0 Å². The SMILES string of the molecule is Cc1csc2nc(CN3CCOC[C@H]3C)cc(=O)n12. The summed E-state index contributed by atoms with van der Waals surface area (Å²) in [4.78, 5) is 19.8. The van der Waals surface area contributed by atoms with Gasteiger partial charge in [-0.15, -0.1) is 11.3 Å². The van der Waals surface area contributed by atoms with E-state index >= 15 is 0 Å². The molecule has 0 unspecified atom stereocenters. The zero-order valence-electron chi connectivity index (χ0n) is 11.1. The first-order valence-electron chi connectivity index (χ1n) is 6.44. The summed E-state index contributed by atoms with van der Waals surface area (Å²) in [5.41, 5.74) is 1.81. The van der Waals surface area contributed by atoms with E-state index in [0.717, 1.165) is 36.1 Å². The molecule has 0 aliphatic carbocycles. The molecule has 1 aliphatic rings. The zero-order chi connectivity index (χ0) is 13.4.